The van der Waals surface area contributed by atoms with Crippen LogP contribution in [0.5, 0.6) is 5.75 Å². The van der Waals surface area contributed by atoms with Gasteiger partial charge in [-0.1, -0.05) is 13.0 Å². The van der Waals surface area contributed by atoms with Gasteiger partial charge in [-0.05, 0) is 125 Å². The van der Waals surface area contributed by atoms with Gasteiger partial charge in [0.05, 0.1) is 12.7 Å². The maximum absolute atomic E-state index is 9.76. The van der Waals surface area contributed by atoms with E-state index in [2.05, 4.69) is 49.4 Å². The maximum Gasteiger partial charge on any atom is 0.119 e. The lowest BCUT2D eigenvalue weighted by molar-refractivity contribution is 0.0430. The zero-order valence-corrected chi connectivity index (χ0v) is 20.5. The molecule has 4 nitrogen and oxygen atoms in total. The van der Waals surface area contributed by atoms with Crippen molar-refractivity contribution in [3.63, 3.8) is 0 Å². The Bertz CT molecular complexity index is 798. The largest absolute Gasteiger partial charge is 0.494 e. The number of hydrogen-bond donors (Lipinski definition) is 2. The number of nitrogens with zero attached hydrogens (tertiary/aromatic N) is 1. The third-order valence-electron chi connectivity index (χ3n) is 9.97. The van der Waals surface area contributed by atoms with Crippen molar-refractivity contribution in [2.75, 3.05) is 27.2 Å². The van der Waals surface area contributed by atoms with Crippen LogP contribution in [0.15, 0.2) is 18.2 Å². The predicted molar refractivity (Wildman–Crippen MR) is 130 cm³/mol. The zero-order chi connectivity index (χ0) is 22.3. The molecule has 0 amide bonds. The number of nitrogens with one attached hydrogen (secondary N) is 1. The van der Waals surface area contributed by atoms with Gasteiger partial charge in [0.1, 0.15) is 5.75 Å². The van der Waals surface area contributed by atoms with Crippen molar-refractivity contribution in [2.24, 2.45) is 17.3 Å². The van der Waals surface area contributed by atoms with Crippen molar-refractivity contribution in [3.8, 4) is 5.75 Å². The molecule has 1 aromatic rings. The van der Waals surface area contributed by atoms with E-state index in [1.54, 1.807) is 11.1 Å². The zero-order valence-electron chi connectivity index (χ0n) is 20.5. The minimum Gasteiger partial charge on any atom is -0.494 e. The Hall–Kier alpha value is -1.10. The molecule has 3 saturated carbocycles. The van der Waals surface area contributed by atoms with E-state index in [1.807, 2.05) is 0 Å². The van der Waals surface area contributed by atoms with Crippen molar-refractivity contribution < 1.29 is 9.84 Å². The first kappa shape index (κ1) is 22.7. The highest BCUT2D eigenvalue weighted by Crippen LogP contribution is 2.60. The first-order chi connectivity index (χ1) is 15.5. The van der Waals surface area contributed by atoms with Crippen molar-refractivity contribution >= 4 is 0 Å². The van der Waals surface area contributed by atoms with Gasteiger partial charge < -0.3 is 20.1 Å². The molecular formula is C28H44N2O2. The molecule has 0 aliphatic heterocycles. The summed E-state index contributed by atoms with van der Waals surface area (Å²) in [4.78, 5) is 2.41. The number of rotatable bonds is 7. The molecule has 3 fully saturated rings. The second-order valence-electron chi connectivity index (χ2n) is 11.5. The number of hydrogen-bond acceptors (Lipinski definition) is 4. The van der Waals surface area contributed by atoms with E-state index in [4.69, 9.17) is 4.74 Å². The average Bonchev–Trinajstić information content (AvgIpc) is 3.38. The summed E-state index contributed by atoms with van der Waals surface area (Å²) < 4.78 is 6.17. The molecule has 0 spiro atoms. The lowest BCUT2D eigenvalue weighted by atomic mass is 9.55. The average molecular weight is 441 g/mol. The Balaban J connectivity index is 1.16. The van der Waals surface area contributed by atoms with Crippen LogP contribution in [0, 0.1) is 17.3 Å². The molecule has 7 atom stereocenters. The van der Waals surface area contributed by atoms with Gasteiger partial charge >= 0.3 is 0 Å². The molecule has 4 aliphatic rings. The van der Waals surface area contributed by atoms with E-state index in [9.17, 15) is 5.11 Å². The summed E-state index contributed by atoms with van der Waals surface area (Å²) in [6, 6.07) is 8.24. The van der Waals surface area contributed by atoms with Gasteiger partial charge in [-0.15, -0.1) is 0 Å². The van der Waals surface area contributed by atoms with Crippen molar-refractivity contribution in [3.05, 3.63) is 29.3 Å². The summed E-state index contributed by atoms with van der Waals surface area (Å²) in [5, 5.41) is 13.4. The van der Waals surface area contributed by atoms with Gasteiger partial charge in [0, 0.05) is 18.6 Å². The number of aliphatic hydroxyl groups excluding tert-OH is 1. The van der Waals surface area contributed by atoms with Crippen LogP contribution in [0.25, 0.3) is 0 Å². The first-order valence-corrected chi connectivity index (χ1v) is 13.3. The fraction of sp³-hybridized carbons (Fsp3) is 0.786. The van der Waals surface area contributed by atoms with E-state index >= 15 is 0 Å². The number of aliphatic hydroxyl groups is 1. The Morgan fingerprint density at radius 3 is 2.81 bits per heavy atom. The van der Waals surface area contributed by atoms with Crippen LogP contribution in [0.2, 0.25) is 0 Å². The molecule has 2 N–H and O–H groups in total. The van der Waals surface area contributed by atoms with Gasteiger partial charge in [-0.3, -0.25) is 0 Å². The van der Waals surface area contributed by atoms with E-state index in [0.717, 1.165) is 62.3 Å². The molecule has 3 unspecified atom stereocenters. The van der Waals surface area contributed by atoms with Gasteiger partial charge in [-0.25, -0.2) is 0 Å². The van der Waals surface area contributed by atoms with E-state index in [0.29, 0.717) is 17.5 Å². The van der Waals surface area contributed by atoms with Gasteiger partial charge in [-0.2, -0.15) is 0 Å². The molecule has 0 bridgehead atoms. The molecular weight excluding hydrogens is 396 g/mol. The molecule has 32 heavy (non-hydrogen) atoms. The Morgan fingerprint density at radius 2 is 2.03 bits per heavy atom. The molecule has 0 saturated heterocycles. The molecule has 5 rings (SSSR count). The molecule has 0 heterocycles. The second kappa shape index (κ2) is 9.27. The summed E-state index contributed by atoms with van der Waals surface area (Å²) >= 11 is 0. The maximum atomic E-state index is 9.76. The van der Waals surface area contributed by atoms with Crippen LogP contribution < -0.4 is 10.1 Å². The topological polar surface area (TPSA) is 44.7 Å². The lowest BCUT2D eigenvalue weighted by Gasteiger charge is -2.51. The fourth-order valence-corrected chi connectivity index (χ4v) is 8.14. The molecule has 4 aliphatic carbocycles. The van der Waals surface area contributed by atoms with Crippen molar-refractivity contribution in [1.29, 1.82) is 0 Å². The van der Waals surface area contributed by atoms with Crippen LogP contribution in [0.3, 0.4) is 0 Å². The highest BCUT2D eigenvalue weighted by atomic mass is 16.5. The smallest absolute Gasteiger partial charge is 0.119 e. The minimum absolute atomic E-state index is 0.0925. The van der Waals surface area contributed by atoms with Gasteiger partial charge in [0.25, 0.3) is 0 Å². The molecule has 178 valence electrons. The van der Waals surface area contributed by atoms with Crippen molar-refractivity contribution in [2.45, 2.75) is 95.2 Å². The number of fused-ring (bicyclic) bond motifs is 5. The Labute approximate surface area is 195 Å². The summed E-state index contributed by atoms with van der Waals surface area (Å²) in [6.45, 7) is 4.39. The molecule has 1 aromatic carbocycles. The SMILES string of the molecule is CN[C@H]1CCC2C3CCc4cc(OCCCN(C)[C@@H]5CC[C@@H](O)C5)ccc4C3CC[C@@]21C. The predicted octanol–water partition coefficient (Wildman–Crippen LogP) is 4.74. The van der Waals surface area contributed by atoms with Crippen LogP contribution in [0.4, 0.5) is 0 Å². The molecule has 0 radical (unpaired) electrons. The summed E-state index contributed by atoms with van der Waals surface area (Å²) in [7, 11) is 4.36. The van der Waals surface area contributed by atoms with Crippen LogP contribution in [-0.4, -0.2) is 55.4 Å². The lowest BCUT2D eigenvalue weighted by Crippen LogP contribution is -2.47. The molecule has 4 heteroatoms. The second-order valence-corrected chi connectivity index (χ2v) is 11.5. The van der Waals surface area contributed by atoms with Gasteiger partial charge in [0.15, 0.2) is 0 Å². The minimum atomic E-state index is -0.0925. The van der Waals surface area contributed by atoms with E-state index in [1.165, 1.54) is 38.5 Å². The van der Waals surface area contributed by atoms with Crippen molar-refractivity contribution in [1.82, 2.24) is 10.2 Å². The Morgan fingerprint density at radius 1 is 1.16 bits per heavy atom. The van der Waals surface area contributed by atoms with E-state index < -0.39 is 0 Å². The molecule has 0 aromatic heterocycles. The number of benzene rings is 1. The third kappa shape index (κ3) is 4.12. The van der Waals surface area contributed by atoms with E-state index in [-0.39, 0.29) is 6.10 Å². The fourth-order valence-electron chi connectivity index (χ4n) is 8.14. The van der Waals surface area contributed by atoms with Crippen LogP contribution in [0.1, 0.15) is 81.8 Å². The first-order valence-electron chi connectivity index (χ1n) is 13.3. The summed E-state index contributed by atoms with van der Waals surface area (Å²) in [5.41, 5.74) is 3.68. The highest BCUT2D eigenvalue weighted by Gasteiger charge is 2.54. The van der Waals surface area contributed by atoms with Crippen LogP contribution in [-0.2, 0) is 6.42 Å². The standard InChI is InChI=1S/C28H44N2O2/c1-28-14-13-24-23-10-8-22(32-16-4-15-30(3)20-6-7-21(31)18-20)17-19(23)5-9-25(24)26(28)11-12-27(28)29-2/h8,10,17,20-21,24-27,29,31H,4-7,9,11-16,18H2,1-3H3/t20-,21-,24?,25?,26?,27+,28+/m1/s1. The normalized spacial score (nSPS) is 38.4. The monoisotopic (exact) mass is 440 g/mol. The third-order valence-corrected chi connectivity index (χ3v) is 9.97. The Kier molecular flexibility index (Phi) is 6.57. The van der Waals surface area contributed by atoms with Crippen LogP contribution >= 0.6 is 0 Å². The summed E-state index contributed by atoms with van der Waals surface area (Å²) in [6.07, 6.45) is 12.0. The summed E-state index contributed by atoms with van der Waals surface area (Å²) in [5.74, 6) is 3.58. The van der Waals surface area contributed by atoms with Gasteiger partial charge in [0.2, 0.25) is 0 Å². The highest BCUT2D eigenvalue weighted by molar-refractivity contribution is 5.40. The number of aryl methyl sites for hydroxylation is 1. The quantitative estimate of drug-likeness (QED) is 0.601. The number of ether oxygens (including phenoxy) is 1.